The maximum Gasteiger partial charge on any atom is 0.236 e. The lowest BCUT2D eigenvalue weighted by Gasteiger charge is -2.04. The van der Waals surface area contributed by atoms with Crippen molar-refractivity contribution in [2.45, 2.75) is 11.6 Å². The second-order valence-electron chi connectivity index (χ2n) is 6.24. The minimum Gasteiger partial charge on any atom is -0.301 e. The Morgan fingerprint density at radius 2 is 1.97 bits per heavy atom. The predicted molar refractivity (Wildman–Crippen MR) is 120 cm³/mol. The monoisotopic (exact) mass is 494 g/mol. The molecule has 12 heteroatoms. The minimum atomic E-state index is -0.354. The number of carbonyl (C=O) groups excluding carboxylic acids is 1. The van der Waals surface area contributed by atoms with Crippen LogP contribution in [0, 0.1) is 5.82 Å². The van der Waals surface area contributed by atoms with Gasteiger partial charge in [0.2, 0.25) is 11.1 Å². The molecule has 0 spiro atoms. The van der Waals surface area contributed by atoms with Crippen molar-refractivity contribution < 1.29 is 9.18 Å². The Morgan fingerprint density at radius 3 is 2.74 bits per heavy atom. The molecule has 158 valence electrons. The van der Waals surface area contributed by atoms with E-state index >= 15 is 0 Å². The smallest absolute Gasteiger partial charge is 0.236 e. The molecular weight excluding hydrogens is 482 g/mol. The molecule has 31 heavy (non-hydrogen) atoms. The van der Waals surface area contributed by atoms with E-state index in [1.165, 1.54) is 28.2 Å². The second kappa shape index (κ2) is 9.73. The molecule has 0 aliphatic heterocycles. The number of carbonyl (C=O) groups is 1. The lowest BCUT2D eigenvalue weighted by molar-refractivity contribution is -0.113. The number of nitrogens with zero attached hydrogens (tertiary/aromatic N) is 5. The number of halogens is 3. The standard InChI is InChI=1S/C19H13Cl2FN6OS2/c20-15-6-1-11(8-16(15)21)7-14-9-23-18(31-14)24-17(29)10-30-19-25-26-27-28(19)13-4-2-12(22)3-5-13/h1-6,8-9H,7,10H2,(H,23,24,29). The van der Waals surface area contributed by atoms with Crippen LogP contribution in [0.1, 0.15) is 10.4 Å². The number of hydrogen-bond acceptors (Lipinski definition) is 7. The maximum absolute atomic E-state index is 13.1. The zero-order chi connectivity index (χ0) is 21.8. The predicted octanol–water partition coefficient (Wildman–Crippen LogP) is 4.89. The minimum absolute atomic E-state index is 0.0866. The third-order valence-corrected chi connectivity index (χ3v) is 6.58. The molecule has 7 nitrogen and oxygen atoms in total. The van der Waals surface area contributed by atoms with Gasteiger partial charge in [-0.2, -0.15) is 4.68 Å². The Labute approximate surface area is 194 Å². The molecule has 1 amide bonds. The van der Waals surface area contributed by atoms with E-state index < -0.39 is 0 Å². The molecule has 0 aliphatic carbocycles. The summed E-state index contributed by atoms with van der Waals surface area (Å²) in [4.78, 5) is 17.5. The molecule has 0 saturated heterocycles. The van der Waals surface area contributed by atoms with Crippen LogP contribution >= 0.6 is 46.3 Å². The summed E-state index contributed by atoms with van der Waals surface area (Å²) < 4.78 is 14.6. The van der Waals surface area contributed by atoms with Gasteiger partial charge in [-0.25, -0.2) is 9.37 Å². The van der Waals surface area contributed by atoms with Crippen LogP contribution in [-0.4, -0.2) is 36.9 Å². The van der Waals surface area contributed by atoms with Crippen molar-refractivity contribution in [1.82, 2.24) is 25.2 Å². The highest BCUT2D eigenvalue weighted by Gasteiger charge is 2.13. The van der Waals surface area contributed by atoms with E-state index in [0.717, 1.165) is 22.2 Å². The summed E-state index contributed by atoms with van der Waals surface area (Å²) in [6, 6.07) is 11.2. The molecule has 0 aliphatic rings. The number of amides is 1. The van der Waals surface area contributed by atoms with Gasteiger partial charge in [0.25, 0.3) is 0 Å². The maximum atomic E-state index is 13.1. The summed E-state index contributed by atoms with van der Waals surface area (Å²) in [6.45, 7) is 0. The van der Waals surface area contributed by atoms with Gasteiger partial charge in [0.1, 0.15) is 5.82 Å². The van der Waals surface area contributed by atoms with Crippen molar-refractivity contribution in [2.24, 2.45) is 0 Å². The van der Waals surface area contributed by atoms with E-state index in [-0.39, 0.29) is 17.5 Å². The summed E-state index contributed by atoms with van der Waals surface area (Å²) in [7, 11) is 0. The Morgan fingerprint density at radius 1 is 1.16 bits per heavy atom. The zero-order valence-electron chi connectivity index (χ0n) is 15.6. The summed E-state index contributed by atoms with van der Waals surface area (Å²) in [5.74, 6) is -0.509. The quantitative estimate of drug-likeness (QED) is 0.368. The Balaban J connectivity index is 1.33. The van der Waals surface area contributed by atoms with E-state index in [0.29, 0.717) is 32.4 Å². The molecule has 1 N–H and O–H groups in total. The molecule has 0 bridgehead atoms. The highest BCUT2D eigenvalue weighted by Crippen LogP contribution is 2.26. The fourth-order valence-electron chi connectivity index (χ4n) is 2.60. The van der Waals surface area contributed by atoms with Gasteiger partial charge in [0.15, 0.2) is 5.13 Å². The molecule has 0 fully saturated rings. The molecule has 0 atom stereocenters. The first-order valence-corrected chi connectivity index (χ1v) is 11.4. The highest BCUT2D eigenvalue weighted by atomic mass is 35.5. The van der Waals surface area contributed by atoms with Crippen LogP contribution in [0.25, 0.3) is 5.69 Å². The average molecular weight is 495 g/mol. The van der Waals surface area contributed by atoms with E-state index in [1.807, 2.05) is 12.1 Å². The number of nitrogens with one attached hydrogen (secondary N) is 1. The number of aromatic nitrogens is 5. The third-order valence-electron chi connectivity index (χ3n) is 4.01. The van der Waals surface area contributed by atoms with Crippen LogP contribution < -0.4 is 5.32 Å². The number of rotatable bonds is 7. The molecular formula is C19H13Cl2FN6OS2. The number of hydrogen-bond donors (Lipinski definition) is 1. The van der Waals surface area contributed by atoms with Crippen molar-refractivity contribution in [1.29, 1.82) is 0 Å². The summed E-state index contributed by atoms with van der Waals surface area (Å²) in [5.41, 5.74) is 1.60. The fourth-order valence-corrected chi connectivity index (χ4v) is 4.47. The van der Waals surface area contributed by atoms with Crippen LogP contribution in [0.3, 0.4) is 0 Å². The molecule has 2 aromatic heterocycles. The summed E-state index contributed by atoms with van der Waals surface area (Å²) >= 11 is 14.5. The molecule has 0 saturated carbocycles. The SMILES string of the molecule is O=C(CSc1nnnn1-c1ccc(F)cc1)Nc1ncc(Cc2ccc(Cl)c(Cl)c2)s1. The van der Waals surface area contributed by atoms with Crippen molar-refractivity contribution in [3.63, 3.8) is 0 Å². The van der Waals surface area contributed by atoms with Crippen molar-refractivity contribution >= 4 is 57.3 Å². The van der Waals surface area contributed by atoms with Crippen molar-refractivity contribution in [3.05, 3.63) is 75.0 Å². The molecule has 4 aromatic rings. The van der Waals surface area contributed by atoms with Gasteiger partial charge >= 0.3 is 0 Å². The van der Waals surface area contributed by atoms with E-state index in [4.69, 9.17) is 23.2 Å². The summed E-state index contributed by atoms with van der Waals surface area (Å²) in [6.07, 6.45) is 2.34. The van der Waals surface area contributed by atoms with E-state index in [2.05, 4.69) is 25.8 Å². The normalized spacial score (nSPS) is 10.9. The molecule has 0 radical (unpaired) electrons. The number of benzene rings is 2. The first-order valence-electron chi connectivity index (χ1n) is 8.83. The molecule has 0 unspecified atom stereocenters. The van der Waals surface area contributed by atoms with Crippen LogP contribution in [-0.2, 0) is 11.2 Å². The van der Waals surface area contributed by atoms with Gasteiger partial charge in [-0.1, -0.05) is 41.0 Å². The Kier molecular flexibility index (Phi) is 6.81. The number of anilines is 1. The topological polar surface area (TPSA) is 85.6 Å². The third kappa shape index (κ3) is 5.59. The lowest BCUT2D eigenvalue weighted by Crippen LogP contribution is -2.14. The Bertz CT molecular complexity index is 1210. The van der Waals surface area contributed by atoms with Crippen LogP contribution in [0.5, 0.6) is 0 Å². The molecule has 2 aromatic carbocycles. The van der Waals surface area contributed by atoms with Crippen molar-refractivity contribution in [3.8, 4) is 5.69 Å². The highest BCUT2D eigenvalue weighted by molar-refractivity contribution is 7.99. The van der Waals surface area contributed by atoms with Gasteiger partial charge < -0.3 is 5.32 Å². The van der Waals surface area contributed by atoms with Crippen LogP contribution in [0.2, 0.25) is 10.0 Å². The van der Waals surface area contributed by atoms with Gasteiger partial charge in [0.05, 0.1) is 21.5 Å². The van der Waals surface area contributed by atoms with Gasteiger partial charge in [0, 0.05) is 17.5 Å². The zero-order valence-corrected chi connectivity index (χ0v) is 18.8. The lowest BCUT2D eigenvalue weighted by atomic mass is 10.1. The number of thioether (sulfide) groups is 1. The van der Waals surface area contributed by atoms with Gasteiger partial charge in [-0.3, -0.25) is 4.79 Å². The van der Waals surface area contributed by atoms with Crippen LogP contribution in [0.4, 0.5) is 9.52 Å². The Hall–Kier alpha value is -2.53. The average Bonchev–Trinajstić information content (AvgIpc) is 3.39. The molecule has 2 heterocycles. The first-order chi connectivity index (χ1) is 15.0. The van der Waals surface area contributed by atoms with E-state index in [9.17, 15) is 9.18 Å². The largest absolute Gasteiger partial charge is 0.301 e. The first kappa shape index (κ1) is 21.7. The second-order valence-corrected chi connectivity index (χ2v) is 9.12. The number of tetrazole rings is 1. The fraction of sp³-hybridized carbons (Fsp3) is 0.105. The number of thiazole rings is 1. The van der Waals surface area contributed by atoms with Gasteiger partial charge in [-0.15, -0.1) is 16.4 Å². The van der Waals surface area contributed by atoms with Gasteiger partial charge in [-0.05, 0) is 52.4 Å². The van der Waals surface area contributed by atoms with Crippen molar-refractivity contribution in [2.75, 3.05) is 11.1 Å². The van der Waals surface area contributed by atoms with E-state index in [1.54, 1.807) is 24.4 Å². The molecule has 4 rings (SSSR count). The summed E-state index contributed by atoms with van der Waals surface area (Å²) in [5, 5.41) is 16.1. The van der Waals surface area contributed by atoms with Crippen LogP contribution in [0.15, 0.2) is 53.8 Å².